The first-order valence-corrected chi connectivity index (χ1v) is 15.5. The van der Waals surface area contributed by atoms with Gasteiger partial charge in [0.05, 0.1) is 0 Å². The second-order valence-electron chi connectivity index (χ2n) is 13.8. The highest BCUT2D eigenvalue weighted by Gasteiger charge is 2.40. The third kappa shape index (κ3) is 5.15. The third-order valence-electron chi connectivity index (χ3n) is 9.33. The van der Waals surface area contributed by atoms with Gasteiger partial charge in [0.15, 0.2) is 6.20 Å². The van der Waals surface area contributed by atoms with Crippen LogP contribution in [0.1, 0.15) is 72.1 Å². The van der Waals surface area contributed by atoms with Crippen LogP contribution in [0, 0.1) is 46.7 Å². The van der Waals surface area contributed by atoms with Crippen LogP contribution in [0.15, 0.2) is 85.1 Å². The molecular weight excluding hydrogens is 528 g/mol. The van der Waals surface area contributed by atoms with Crippen molar-refractivity contribution in [3.63, 3.8) is 0 Å². The van der Waals surface area contributed by atoms with E-state index in [2.05, 4.69) is 39.0 Å². The lowest BCUT2D eigenvalue weighted by Gasteiger charge is -2.34. The molecule has 0 N–H and O–H groups in total. The molecule has 3 heteroatoms. The minimum Gasteiger partial charge on any atom is -0.201 e. The number of fused-ring (bicyclic) bond motifs is 2. The molecule has 220 valence electrons. The van der Waals surface area contributed by atoms with E-state index >= 15 is 0 Å². The fourth-order valence-corrected chi connectivity index (χ4v) is 7.34. The molecule has 5 aromatic rings. The van der Waals surface area contributed by atoms with Gasteiger partial charge in [-0.05, 0) is 70.4 Å². The molecule has 6 rings (SSSR count). The monoisotopic (exact) mass is 583 g/mol. The molecule has 0 unspecified atom stereocenters. The van der Waals surface area contributed by atoms with Gasteiger partial charge >= 0.3 is 0 Å². The summed E-state index contributed by atoms with van der Waals surface area (Å²) in [5, 5.41) is 0. The first kappa shape index (κ1) is 21.0. The number of pyridine rings is 1. The van der Waals surface area contributed by atoms with Crippen molar-refractivity contribution in [3.8, 4) is 11.3 Å². The largest absolute Gasteiger partial charge is 0.240 e. The molecule has 0 spiro atoms. The highest BCUT2D eigenvalue weighted by molar-refractivity contribution is 7.11. The van der Waals surface area contributed by atoms with Crippen molar-refractivity contribution < 1.29 is 16.9 Å². The van der Waals surface area contributed by atoms with E-state index in [1.165, 1.54) is 0 Å². The van der Waals surface area contributed by atoms with E-state index in [1.807, 2.05) is 76.3 Å². The van der Waals surface area contributed by atoms with E-state index in [9.17, 15) is 0 Å². The Hall–Kier alpha value is -3.84. The fraction of sp³-hybridized carbons (Fsp3) is 0.293. The summed E-state index contributed by atoms with van der Waals surface area (Å²) >= 11 is 0. The molecule has 1 aliphatic heterocycles. The molecule has 0 aliphatic carbocycles. The molecule has 0 atom stereocenters. The van der Waals surface area contributed by atoms with Crippen LogP contribution < -0.4 is 37.3 Å². The normalized spacial score (nSPS) is 16.7. The Morgan fingerprint density at radius 1 is 0.636 bits per heavy atom. The summed E-state index contributed by atoms with van der Waals surface area (Å²) in [6.07, 6.45) is 2.21. The van der Waals surface area contributed by atoms with Crippen LogP contribution in [0.2, 0.25) is 0 Å². The quantitative estimate of drug-likeness (QED) is 0.204. The number of nitrogens with zero attached hydrogens (tertiary/aromatic N) is 1. The lowest BCUT2D eigenvalue weighted by molar-refractivity contribution is -0.660. The molecular formula is C41H46B2N+. The molecule has 44 heavy (non-hydrogen) atoms. The number of rotatable bonds is 4. The number of aryl methyl sites for hydroxylation is 5. The Morgan fingerprint density at radius 2 is 1.20 bits per heavy atom. The van der Waals surface area contributed by atoms with Gasteiger partial charge in [-0.2, -0.15) is 0 Å². The van der Waals surface area contributed by atoms with E-state index < -0.39 is 27.3 Å². The van der Waals surface area contributed by atoms with Crippen LogP contribution in [-0.4, -0.2) is 13.4 Å². The molecule has 0 amide bonds. The third-order valence-corrected chi connectivity index (χ3v) is 9.33. The Kier molecular flexibility index (Phi) is 5.37. The average Bonchev–Trinajstić information content (AvgIpc) is 3.03. The van der Waals surface area contributed by atoms with Crippen molar-refractivity contribution in [1.82, 2.24) is 0 Å². The van der Waals surface area contributed by atoms with Crippen molar-refractivity contribution >= 4 is 46.2 Å². The van der Waals surface area contributed by atoms with Crippen LogP contribution in [0.4, 0.5) is 0 Å². The molecule has 1 aromatic heterocycles. The first-order valence-electron chi connectivity index (χ1n) is 20.0. The maximum Gasteiger partial charge on any atom is 0.240 e. The molecule has 2 heterocycles. The Morgan fingerprint density at radius 3 is 1.75 bits per heavy atom. The zero-order valence-electron chi connectivity index (χ0n) is 35.9. The summed E-state index contributed by atoms with van der Waals surface area (Å²) in [5.41, 5.74) is 10.5. The van der Waals surface area contributed by atoms with Gasteiger partial charge in [-0.3, -0.25) is 0 Å². The lowest BCUT2D eigenvalue weighted by Crippen LogP contribution is -2.75. The summed E-state index contributed by atoms with van der Waals surface area (Å²) in [4.78, 5) is 0. The molecule has 1 nitrogen and oxygen atoms in total. The number of benzene rings is 4. The van der Waals surface area contributed by atoms with Crippen LogP contribution in [0.25, 0.3) is 11.3 Å². The maximum atomic E-state index is 9.02. The number of hydrogen-bond acceptors (Lipinski definition) is 0. The van der Waals surface area contributed by atoms with E-state index in [0.717, 1.165) is 55.3 Å². The van der Waals surface area contributed by atoms with Crippen LogP contribution in [0.5, 0.6) is 0 Å². The Bertz CT molecular complexity index is 2180. The second kappa shape index (κ2) is 11.3. The standard InChI is InChI=1S/C41H46B2N/c1-26-16-15-17-27(2)39(26)42-34-18-11-13-20-36(34)43(37-21-14-12-19-35(37)42)40-28(3)22-33(30(5)31(40)6)38-23-32(24-41(7,8)9)29(4)25-44(38)10/h11-23,25H,24H2,1-10H3/q+1/i1D3,4D3,6D3. The van der Waals surface area contributed by atoms with Crippen LogP contribution in [0.3, 0.4) is 0 Å². The van der Waals surface area contributed by atoms with Gasteiger partial charge in [0.2, 0.25) is 19.1 Å². The number of aromatic nitrogens is 1. The smallest absolute Gasteiger partial charge is 0.201 e. The van der Waals surface area contributed by atoms with Crippen LogP contribution in [-0.2, 0) is 13.5 Å². The Labute approximate surface area is 279 Å². The zero-order chi connectivity index (χ0) is 39.0. The maximum absolute atomic E-state index is 9.02. The molecule has 0 saturated heterocycles. The summed E-state index contributed by atoms with van der Waals surface area (Å²) < 4.78 is 79.1. The first-order chi connectivity index (χ1) is 24.5. The minimum atomic E-state index is -2.49. The van der Waals surface area contributed by atoms with Crippen molar-refractivity contribution in [2.24, 2.45) is 12.5 Å². The van der Waals surface area contributed by atoms with Gasteiger partial charge in [-0.1, -0.05) is 143 Å². The van der Waals surface area contributed by atoms with E-state index in [-0.39, 0.29) is 17.7 Å². The van der Waals surface area contributed by atoms with Gasteiger partial charge in [0.1, 0.15) is 7.05 Å². The molecule has 0 radical (unpaired) electrons. The minimum absolute atomic E-state index is 0.183. The summed E-state index contributed by atoms with van der Waals surface area (Å²) in [6.45, 7) is 4.08. The predicted octanol–water partition coefficient (Wildman–Crippen LogP) is 4.96. The average molecular weight is 584 g/mol. The summed E-state index contributed by atoms with van der Waals surface area (Å²) in [6, 6.07) is 25.5. The highest BCUT2D eigenvalue weighted by atomic mass is 14.9. The molecule has 1 aliphatic rings. The molecule has 0 fully saturated rings. The van der Waals surface area contributed by atoms with E-state index in [1.54, 1.807) is 22.9 Å². The van der Waals surface area contributed by atoms with Gasteiger partial charge in [-0.15, -0.1) is 0 Å². The fourth-order valence-electron chi connectivity index (χ4n) is 7.34. The van der Waals surface area contributed by atoms with Crippen LogP contribution >= 0.6 is 0 Å². The van der Waals surface area contributed by atoms with Gasteiger partial charge in [0, 0.05) is 29.5 Å². The second-order valence-corrected chi connectivity index (χ2v) is 13.8. The van der Waals surface area contributed by atoms with Crippen molar-refractivity contribution in [2.75, 3.05) is 0 Å². The Balaban J connectivity index is 1.65. The molecule has 4 aromatic carbocycles. The van der Waals surface area contributed by atoms with Gasteiger partial charge < -0.3 is 0 Å². The highest BCUT2D eigenvalue weighted by Crippen LogP contribution is 2.29. The number of hydrogen-bond donors (Lipinski definition) is 0. The summed E-state index contributed by atoms with van der Waals surface area (Å²) in [5.74, 6) is 0. The topological polar surface area (TPSA) is 3.88 Å². The van der Waals surface area contributed by atoms with Gasteiger partial charge in [-0.25, -0.2) is 4.57 Å². The lowest BCUT2D eigenvalue weighted by atomic mass is 9.20. The summed E-state index contributed by atoms with van der Waals surface area (Å²) in [7, 11) is 1.82. The molecule has 0 saturated carbocycles. The SMILES string of the molecule is [2H]C([2H])([2H])c1c[n+](C)c(-c2cc(C)c(B3c4ccccc4B(c4c(C)cccc4C([2H])([2H])[2H])c4ccccc43)c(C([2H])([2H])[2H])c2C)cc1CC(C)(C)C. The zero-order valence-corrected chi connectivity index (χ0v) is 26.9. The van der Waals surface area contributed by atoms with Crippen molar-refractivity contribution in [3.05, 3.63) is 124 Å². The van der Waals surface area contributed by atoms with E-state index in [4.69, 9.17) is 12.3 Å². The van der Waals surface area contributed by atoms with Crippen molar-refractivity contribution in [1.29, 1.82) is 0 Å². The van der Waals surface area contributed by atoms with Gasteiger partial charge in [0.25, 0.3) is 0 Å². The molecule has 0 bridgehead atoms. The van der Waals surface area contributed by atoms with Crippen molar-refractivity contribution in [2.45, 2.75) is 68.5 Å². The predicted molar refractivity (Wildman–Crippen MR) is 193 cm³/mol. The van der Waals surface area contributed by atoms with E-state index in [0.29, 0.717) is 28.6 Å².